The Morgan fingerprint density at radius 3 is 2.66 bits per heavy atom. The maximum Gasteiger partial charge on any atom is 0.144 e. The molecule has 2 unspecified atom stereocenters. The number of rotatable bonds is 7. The number of benzene rings is 1. The molecule has 2 atom stereocenters. The molecule has 2 heterocycles. The van der Waals surface area contributed by atoms with Gasteiger partial charge in [-0.25, -0.2) is 4.98 Å². The lowest BCUT2D eigenvalue weighted by Gasteiger charge is -2.29. The second-order valence-corrected chi connectivity index (χ2v) is 9.75. The number of allylic oxidation sites excluding steroid dienone is 6. The third-order valence-corrected chi connectivity index (χ3v) is 7.55. The molecule has 0 bridgehead atoms. The fraction of sp³-hybridized carbons (Fsp3) is 0.387. The fourth-order valence-electron chi connectivity index (χ4n) is 5.28. The zero-order chi connectivity index (χ0) is 25.1. The van der Waals surface area contributed by atoms with E-state index in [0.29, 0.717) is 12.1 Å². The molecule has 184 valence electrons. The number of aryl methyl sites for hydroxylation is 2. The van der Waals surface area contributed by atoms with Crippen molar-refractivity contribution in [3.63, 3.8) is 0 Å². The third kappa shape index (κ3) is 4.85. The van der Waals surface area contributed by atoms with Gasteiger partial charge in [0.2, 0.25) is 0 Å². The van der Waals surface area contributed by atoms with E-state index in [4.69, 9.17) is 4.98 Å². The summed E-state index contributed by atoms with van der Waals surface area (Å²) in [6.07, 6.45) is 13.4. The van der Waals surface area contributed by atoms with E-state index >= 15 is 0 Å². The first-order valence-corrected chi connectivity index (χ1v) is 12.9. The fourth-order valence-corrected chi connectivity index (χ4v) is 5.28. The van der Waals surface area contributed by atoms with E-state index in [1.165, 1.54) is 28.2 Å². The highest BCUT2D eigenvalue weighted by molar-refractivity contribution is 5.74. The standard InChI is InChI=1S/C31H40N4/c1-8-22(3)29-21-32-31(26-14-11-10-12-15-26)35(29)28-17-13-16-27(18-19-28)34-24(5)20-23(4)30(34)25(6)33(7)9-2/h8,10-12,14-15,17-21,25,27H,9,13,16H2,1-7H3/b22-8+. The van der Waals surface area contributed by atoms with Crippen molar-refractivity contribution in [2.24, 2.45) is 0 Å². The van der Waals surface area contributed by atoms with Crippen molar-refractivity contribution in [2.75, 3.05) is 13.6 Å². The zero-order valence-electron chi connectivity index (χ0n) is 22.4. The molecule has 1 aromatic carbocycles. The van der Waals surface area contributed by atoms with Gasteiger partial charge in [-0.1, -0.05) is 55.5 Å². The molecule has 3 aromatic rings. The average Bonchev–Trinajstić information content (AvgIpc) is 3.34. The van der Waals surface area contributed by atoms with Gasteiger partial charge in [-0.15, -0.1) is 0 Å². The van der Waals surface area contributed by atoms with Crippen molar-refractivity contribution in [3.05, 3.63) is 89.5 Å². The molecule has 0 amide bonds. The quantitative estimate of drug-likeness (QED) is 0.353. The lowest BCUT2D eigenvalue weighted by atomic mass is 10.1. The van der Waals surface area contributed by atoms with Crippen LogP contribution in [0.5, 0.6) is 0 Å². The van der Waals surface area contributed by atoms with Crippen LogP contribution in [-0.4, -0.2) is 32.6 Å². The Kier molecular flexibility index (Phi) is 7.61. The van der Waals surface area contributed by atoms with Crippen molar-refractivity contribution < 1.29 is 0 Å². The molecule has 0 N–H and O–H groups in total. The van der Waals surface area contributed by atoms with Crippen LogP contribution in [0.2, 0.25) is 0 Å². The summed E-state index contributed by atoms with van der Waals surface area (Å²) in [7, 11) is 2.22. The Morgan fingerprint density at radius 2 is 1.97 bits per heavy atom. The molecule has 1 aliphatic rings. The summed E-state index contributed by atoms with van der Waals surface area (Å²) < 4.78 is 4.90. The van der Waals surface area contributed by atoms with E-state index < -0.39 is 0 Å². The first-order chi connectivity index (χ1) is 16.9. The van der Waals surface area contributed by atoms with Crippen LogP contribution in [0.25, 0.3) is 22.7 Å². The first kappa shape index (κ1) is 25.0. The Morgan fingerprint density at radius 1 is 1.23 bits per heavy atom. The van der Waals surface area contributed by atoms with Crippen molar-refractivity contribution >= 4 is 11.3 Å². The second-order valence-electron chi connectivity index (χ2n) is 9.75. The van der Waals surface area contributed by atoms with Gasteiger partial charge in [0.1, 0.15) is 5.82 Å². The van der Waals surface area contributed by atoms with E-state index in [0.717, 1.165) is 36.5 Å². The number of nitrogens with zero attached hydrogens (tertiary/aromatic N) is 4. The molecule has 0 fully saturated rings. The van der Waals surface area contributed by atoms with Gasteiger partial charge >= 0.3 is 0 Å². The zero-order valence-corrected chi connectivity index (χ0v) is 22.4. The topological polar surface area (TPSA) is 26.0 Å². The number of aromatic nitrogens is 3. The van der Waals surface area contributed by atoms with Gasteiger partial charge in [-0.2, -0.15) is 0 Å². The van der Waals surface area contributed by atoms with Crippen molar-refractivity contribution in [2.45, 2.75) is 66.5 Å². The lowest BCUT2D eigenvalue weighted by Crippen LogP contribution is -2.26. The minimum absolute atomic E-state index is 0.329. The average molecular weight is 469 g/mol. The first-order valence-electron chi connectivity index (χ1n) is 12.9. The summed E-state index contributed by atoms with van der Waals surface area (Å²) in [6.45, 7) is 14.4. The van der Waals surface area contributed by atoms with Crippen LogP contribution in [0, 0.1) is 13.8 Å². The normalized spacial score (nSPS) is 17.5. The number of hydrogen-bond donors (Lipinski definition) is 0. The van der Waals surface area contributed by atoms with Crippen LogP contribution in [0.1, 0.15) is 75.3 Å². The van der Waals surface area contributed by atoms with E-state index in [1.54, 1.807) is 0 Å². The summed E-state index contributed by atoms with van der Waals surface area (Å²) in [6, 6.07) is 13.5. The summed E-state index contributed by atoms with van der Waals surface area (Å²) in [4.78, 5) is 7.28. The highest BCUT2D eigenvalue weighted by Crippen LogP contribution is 2.35. The van der Waals surface area contributed by atoms with E-state index in [1.807, 2.05) is 6.20 Å². The summed E-state index contributed by atoms with van der Waals surface area (Å²) in [5.41, 5.74) is 8.86. The summed E-state index contributed by atoms with van der Waals surface area (Å²) in [5, 5.41) is 0. The molecule has 0 aliphatic heterocycles. The SMILES string of the molecule is C/C=C(\C)c1cnc(-c2ccccc2)n1C1=CCCC(n2c(C)cc(C)c2C(C)N(C)CC)C=C1. The van der Waals surface area contributed by atoms with Crippen molar-refractivity contribution in [3.8, 4) is 11.4 Å². The van der Waals surface area contributed by atoms with Crippen LogP contribution < -0.4 is 0 Å². The Balaban J connectivity index is 1.76. The van der Waals surface area contributed by atoms with Gasteiger partial charge in [-0.05, 0) is 84.3 Å². The smallest absolute Gasteiger partial charge is 0.144 e. The monoisotopic (exact) mass is 468 g/mol. The van der Waals surface area contributed by atoms with Crippen LogP contribution in [0.15, 0.2) is 66.9 Å². The molecular weight excluding hydrogens is 428 g/mol. The van der Waals surface area contributed by atoms with Crippen LogP contribution in [-0.2, 0) is 0 Å². The Labute approximate surface area is 211 Å². The van der Waals surface area contributed by atoms with E-state index in [2.05, 4.69) is 123 Å². The van der Waals surface area contributed by atoms with Crippen LogP contribution in [0.4, 0.5) is 0 Å². The molecule has 0 radical (unpaired) electrons. The third-order valence-electron chi connectivity index (χ3n) is 7.55. The second kappa shape index (κ2) is 10.7. The Bertz CT molecular complexity index is 1250. The predicted molar refractivity (Wildman–Crippen MR) is 149 cm³/mol. The predicted octanol–water partition coefficient (Wildman–Crippen LogP) is 7.84. The van der Waals surface area contributed by atoms with Gasteiger partial charge in [0, 0.05) is 28.7 Å². The molecule has 1 aliphatic carbocycles. The molecule has 0 saturated heterocycles. The van der Waals surface area contributed by atoms with E-state index in [9.17, 15) is 0 Å². The molecule has 0 saturated carbocycles. The maximum atomic E-state index is 4.86. The van der Waals surface area contributed by atoms with Gasteiger partial charge in [0.05, 0.1) is 17.9 Å². The number of imidazole rings is 1. The number of hydrogen-bond acceptors (Lipinski definition) is 2. The molecular formula is C31H40N4. The van der Waals surface area contributed by atoms with Crippen molar-refractivity contribution in [1.82, 2.24) is 19.0 Å². The molecule has 35 heavy (non-hydrogen) atoms. The summed E-state index contributed by atoms with van der Waals surface area (Å²) in [5.74, 6) is 0.989. The highest BCUT2D eigenvalue weighted by atomic mass is 15.2. The summed E-state index contributed by atoms with van der Waals surface area (Å²) >= 11 is 0. The van der Waals surface area contributed by atoms with Gasteiger partial charge in [0.25, 0.3) is 0 Å². The molecule has 4 rings (SSSR count). The van der Waals surface area contributed by atoms with E-state index in [-0.39, 0.29) is 0 Å². The Hall–Kier alpha value is -3.11. The largest absolute Gasteiger partial charge is 0.340 e. The van der Waals surface area contributed by atoms with Crippen LogP contribution in [0.3, 0.4) is 0 Å². The molecule has 4 nitrogen and oxygen atoms in total. The van der Waals surface area contributed by atoms with Gasteiger partial charge < -0.3 is 4.57 Å². The van der Waals surface area contributed by atoms with Crippen molar-refractivity contribution in [1.29, 1.82) is 0 Å². The van der Waals surface area contributed by atoms with Gasteiger partial charge in [-0.3, -0.25) is 9.47 Å². The highest BCUT2D eigenvalue weighted by Gasteiger charge is 2.24. The molecule has 4 heteroatoms. The maximum absolute atomic E-state index is 4.86. The van der Waals surface area contributed by atoms with Crippen LogP contribution >= 0.6 is 0 Å². The minimum Gasteiger partial charge on any atom is -0.340 e. The lowest BCUT2D eigenvalue weighted by molar-refractivity contribution is 0.261. The van der Waals surface area contributed by atoms with Gasteiger partial charge in [0.15, 0.2) is 0 Å². The molecule has 2 aromatic heterocycles. The molecule has 0 spiro atoms. The minimum atomic E-state index is 0.329.